The maximum absolute atomic E-state index is 12.5. The van der Waals surface area contributed by atoms with Gasteiger partial charge in [-0.2, -0.15) is 5.26 Å². The van der Waals surface area contributed by atoms with Crippen molar-refractivity contribution in [2.75, 3.05) is 5.73 Å². The molecular weight excluding hydrogens is 228 g/mol. The zero-order chi connectivity index (χ0) is 11.6. The van der Waals surface area contributed by atoms with Crippen LogP contribution < -0.4 is 5.73 Å². The van der Waals surface area contributed by atoms with Crippen molar-refractivity contribution < 1.29 is 13.6 Å². The topological polar surface area (TPSA) is 79.8 Å². The van der Waals surface area contributed by atoms with Gasteiger partial charge in [0.1, 0.15) is 11.5 Å². The molecular formula is C8H4ClF2N3O. The Kier molecular flexibility index (Phi) is 3.17. The standard InChI is InChI=1S/C8H4ClF2N3O/c9-7(15)6-5(8(10)11)3(2-12)1-4(13)14-6/h1,8H,(H2,13,14). The minimum atomic E-state index is -3.01. The van der Waals surface area contributed by atoms with Gasteiger partial charge >= 0.3 is 0 Å². The molecule has 1 aromatic heterocycles. The number of carbonyl (C=O) groups is 1. The number of alkyl halides is 2. The second kappa shape index (κ2) is 4.19. The molecule has 4 nitrogen and oxygen atoms in total. The Morgan fingerprint density at radius 1 is 1.67 bits per heavy atom. The number of rotatable bonds is 2. The molecule has 0 saturated carbocycles. The third-order valence-electron chi connectivity index (χ3n) is 1.60. The summed E-state index contributed by atoms with van der Waals surface area (Å²) in [6, 6.07) is 2.47. The van der Waals surface area contributed by atoms with Crippen molar-refractivity contribution in [3.8, 4) is 6.07 Å². The van der Waals surface area contributed by atoms with E-state index >= 15 is 0 Å². The normalized spacial score (nSPS) is 10.1. The molecule has 0 atom stereocenters. The summed E-state index contributed by atoms with van der Waals surface area (Å²) in [6.45, 7) is 0. The number of anilines is 1. The zero-order valence-corrected chi connectivity index (χ0v) is 7.92. The number of nitrogens with zero attached hydrogens (tertiary/aromatic N) is 2. The fourth-order valence-corrected chi connectivity index (χ4v) is 1.18. The summed E-state index contributed by atoms with van der Waals surface area (Å²) in [5.74, 6) is -0.208. The number of nitrogen functional groups attached to an aromatic ring is 1. The maximum atomic E-state index is 12.5. The first kappa shape index (κ1) is 11.3. The van der Waals surface area contributed by atoms with Crippen LogP contribution in [0.3, 0.4) is 0 Å². The van der Waals surface area contributed by atoms with Crippen LogP contribution in [0, 0.1) is 11.3 Å². The highest BCUT2D eigenvalue weighted by atomic mass is 35.5. The molecule has 15 heavy (non-hydrogen) atoms. The molecule has 0 aliphatic rings. The van der Waals surface area contributed by atoms with E-state index in [0.717, 1.165) is 6.07 Å². The number of hydrogen-bond acceptors (Lipinski definition) is 4. The van der Waals surface area contributed by atoms with Gasteiger partial charge < -0.3 is 5.73 Å². The molecule has 7 heteroatoms. The molecule has 0 aromatic carbocycles. The highest BCUT2D eigenvalue weighted by molar-refractivity contribution is 6.67. The van der Waals surface area contributed by atoms with Crippen LogP contribution in [0.4, 0.5) is 14.6 Å². The van der Waals surface area contributed by atoms with Gasteiger partial charge in [0.25, 0.3) is 11.7 Å². The van der Waals surface area contributed by atoms with Crippen molar-refractivity contribution in [3.05, 3.63) is 22.9 Å². The smallest absolute Gasteiger partial charge is 0.271 e. The van der Waals surface area contributed by atoms with Crippen LogP contribution in [-0.2, 0) is 0 Å². The van der Waals surface area contributed by atoms with E-state index in [1.54, 1.807) is 0 Å². The SMILES string of the molecule is N#Cc1cc(N)nc(C(=O)Cl)c1C(F)F. The molecule has 0 unspecified atom stereocenters. The summed E-state index contributed by atoms with van der Waals surface area (Å²) in [7, 11) is 0. The van der Waals surface area contributed by atoms with E-state index in [9.17, 15) is 13.6 Å². The lowest BCUT2D eigenvalue weighted by Gasteiger charge is -2.07. The van der Waals surface area contributed by atoms with E-state index in [1.165, 1.54) is 6.07 Å². The van der Waals surface area contributed by atoms with Gasteiger partial charge in [0.05, 0.1) is 17.2 Å². The Balaban J connectivity index is 3.56. The number of hydrogen-bond donors (Lipinski definition) is 1. The number of halogens is 3. The average molecular weight is 232 g/mol. The van der Waals surface area contributed by atoms with Crippen molar-refractivity contribution in [2.24, 2.45) is 0 Å². The Labute approximate surface area is 88.3 Å². The summed E-state index contributed by atoms with van der Waals surface area (Å²) in [5.41, 5.74) is 3.36. The lowest BCUT2D eigenvalue weighted by Crippen LogP contribution is -2.07. The summed E-state index contributed by atoms with van der Waals surface area (Å²) in [4.78, 5) is 14.2. The van der Waals surface area contributed by atoms with Gasteiger partial charge in [-0.25, -0.2) is 13.8 Å². The van der Waals surface area contributed by atoms with Gasteiger partial charge in [0, 0.05) is 0 Å². The molecule has 0 aliphatic heterocycles. The summed E-state index contributed by atoms with van der Waals surface area (Å²) in [5, 5.41) is 7.40. The molecule has 0 bridgehead atoms. The van der Waals surface area contributed by atoms with Crippen LogP contribution in [0.25, 0.3) is 0 Å². The number of nitriles is 1. The quantitative estimate of drug-likeness (QED) is 0.788. The third kappa shape index (κ3) is 2.19. The number of nitrogens with two attached hydrogens (primary N) is 1. The highest BCUT2D eigenvalue weighted by Gasteiger charge is 2.23. The van der Waals surface area contributed by atoms with Crippen molar-refractivity contribution >= 4 is 22.7 Å². The minimum absolute atomic E-state index is 0.208. The second-order valence-corrected chi connectivity index (χ2v) is 2.89. The fraction of sp³-hybridized carbons (Fsp3) is 0.125. The molecule has 0 fully saturated rings. The molecule has 0 spiro atoms. The lowest BCUT2D eigenvalue weighted by molar-refractivity contribution is 0.106. The number of pyridine rings is 1. The molecule has 2 N–H and O–H groups in total. The maximum Gasteiger partial charge on any atom is 0.271 e. The first-order chi connectivity index (χ1) is 6.97. The van der Waals surface area contributed by atoms with E-state index in [1.807, 2.05) is 0 Å². The summed E-state index contributed by atoms with van der Waals surface area (Å²) in [6.07, 6.45) is -3.01. The molecule has 1 heterocycles. The van der Waals surface area contributed by atoms with E-state index < -0.39 is 28.5 Å². The number of aromatic nitrogens is 1. The van der Waals surface area contributed by atoms with Crippen molar-refractivity contribution in [1.29, 1.82) is 5.26 Å². The monoisotopic (exact) mass is 231 g/mol. The molecule has 0 aliphatic carbocycles. The molecule has 78 valence electrons. The molecule has 0 saturated heterocycles. The van der Waals surface area contributed by atoms with E-state index in [4.69, 9.17) is 22.6 Å². The molecule has 1 rings (SSSR count). The zero-order valence-electron chi connectivity index (χ0n) is 7.17. The Morgan fingerprint density at radius 3 is 2.67 bits per heavy atom. The number of carbonyl (C=O) groups excluding carboxylic acids is 1. The van der Waals surface area contributed by atoms with Crippen molar-refractivity contribution in [2.45, 2.75) is 6.43 Å². The average Bonchev–Trinajstić information content (AvgIpc) is 2.15. The predicted octanol–water partition coefficient (Wildman–Crippen LogP) is 1.85. The Hall–Kier alpha value is -1.74. The molecule has 1 aromatic rings. The van der Waals surface area contributed by atoms with Crippen molar-refractivity contribution in [1.82, 2.24) is 4.98 Å². The highest BCUT2D eigenvalue weighted by Crippen LogP contribution is 2.27. The fourth-order valence-electron chi connectivity index (χ4n) is 1.04. The van der Waals surface area contributed by atoms with Gasteiger partial charge in [-0.05, 0) is 17.7 Å². The van der Waals surface area contributed by atoms with Crippen LogP contribution in [0.15, 0.2) is 6.07 Å². The Bertz CT molecular complexity index is 456. The van der Waals surface area contributed by atoms with Crippen molar-refractivity contribution in [3.63, 3.8) is 0 Å². The van der Waals surface area contributed by atoms with E-state index in [0.29, 0.717) is 0 Å². The molecule has 0 radical (unpaired) electrons. The first-order valence-corrected chi connectivity index (χ1v) is 4.03. The van der Waals surface area contributed by atoms with Crippen LogP contribution >= 0.6 is 11.6 Å². The van der Waals surface area contributed by atoms with E-state index in [-0.39, 0.29) is 5.82 Å². The van der Waals surface area contributed by atoms with Crippen LogP contribution in [0.1, 0.15) is 28.0 Å². The lowest BCUT2D eigenvalue weighted by atomic mass is 10.1. The second-order valence-electron chi connectivity index (χ2n) is 2.54. The van der Waals surface area contributed by atoms with Gasteiger partial charge in [-0.1, -0.05) is 0 Å². The summed E-state index contributed by atoms with van der Waals surface area (Å²) >= 11 is 5.05. The van der Waals surface area contributed by atoms with Gasteiger partial charge in [-0.3, -0.25) is 4.79 Å². The van der Waals surface area contributed by atoms with Crippen LogP contribution in [-0.4, -0.2) is 10.2 Å². The minimum Gasteiger partial charge on any atom is -0.384 e. The van der Waals surface area contributed by atoms with E-state index in [2.05, 4.69) is 4.98 Å². The third-order valence-corrected chi connectivity index (χ3v) is 1.78. The van der Waals surface area contributed by atoms with Crippen LogP contribution in [0.5, 0.6) is 0 Å². The molecule has 0 amide bonds. The van der Waals surface area contributed by atoms with Gasteiger partial charge in [-0.15, -0.1) is 0 Å². The van der Waals surface area contributed by atoms with Gasteiger partial charge in [0.2, 0.25) is 0 Å². The first-order valence-electron chi connectivity index (χ1n) is 3.66. The Morgan fingerprint density at radius 2 is 2.27 bits per heavy atom. The predicted molar refractivity (Wildman–Crippen MR) is 48.5 cm³/mol. The largest absolute Gasteiger partial charge is 0.384 e. The summed E-state index contributed by atoms with van der Waals surface area (Å²) < 4.78 is 25.0. The van der Waals surface area contributed by atoms with Crippen LogP contribution in [0.2, 0.25) is 0 Å². The van der Waals surface area contributed by atoms with Gasteiger partial charge in [0.15, 0.2) is 0 Å².